The summed E-state index contributed by atoms with van der Waals surface area (Å²) < 4.78 is 27.3. The van der Waals surface area contributed by atoms with E-state index in [0.29, 0.717) is 34.3 Å². The minimum Gasteiger partial charge on any atom is -0.493 e. The molecule has 0 saturated heterocycles. The first kappa shape index (κ1) is 20.0. The molecule has 3 aromatic rings. The summed E-state index contributed by atoms with van der Waals surface area (Å²) in [6, 6.07) is 9.54. The zero-order valence-corrected chi connectivity index (χ0v) is 16.4. The minimum atomic E-state index is -0.595. The fraction of sp³-hybridized carbons (Fsp3) is 0.250. The van der Waals surface area contributed by atoms with Crippen LogP contribution in [0.2, 0.25) is 0 Å². The third-order valence-electron chi connectivity index (χ3n) is 4.18. The number of carbonyl (C=O) groups excluding carboxylic acids is 1. The molecule has 0 aliphatic rings. The van der Waals surface area contributed by atoms with Gasteiger partial charge in [0.15, 0.2) is 11.5 Å². The van der Waals surface area contributed by atoms with E-state index in [1.54, 1.807) is 24.3 Å². The molecule has 0 saturated carbocycles. The predicted octanol–water partition coefficient (Wildman–Crippen LogP) is 2.36. The summed E-state index contributed by atoms with van der Waals surface area (Å²) in [6.07, 6.45) is 0. The molecule has 0 fully saturated rings. The summed E-state index contributed by atoms with van der Waals surface area (Å²) in [7, 11) is 5.82. The first-order valence-corrected chi connectivity index (χ1v) is 8.56. The van der Waals surface area contributed by atoms with Crippen molar-refractivity contribution < 1.29 is 28.2 Å². The third kappa shape index (κ3) is 4.08. The number of hydrogen-bond donors (Lipinski definition) is 0. The Labute approximate surface area is 166 Å². The quantitative estimate of drug-likeness (QED) is 0.557. The van der Waals surface area contributed by atoms with Crippen molar-refractivity contribution in [3.05, 3.63) is 58.3 Å². The Morgan fingerprint density at radius 2 is 1.69 bits per heavy atom. The van der Waals surface area contributed by atoms with Crippen molar-refractivity contribution >= 4 is 5.97 Å². The van der Waals surface area contributed by atoms with Crippen LogP contribution in [0.4, 0.5) is 0 Å². The van der Waals surface area contributed by atoms with Crippen molar-refractivity contribution in [2.24, 2.45) is 0 Å². The van der Waals surface area contributed by atoms with Crippen LogP contribution in [0, 0.1) is 0 Å². The molecular weight excluding hydrogens is 380 g/mol. The molecule has 9 nitrogen and oxygen atoms in total. The van der Waals surface area contributed by atoms with E-state index in [2.05, 4.69) is 9.84 Å². The molecule has 0 radical (unpaired) electrons. The first-order chi connectivity index (χ1) is 14.0. The van der Waals surface area contributed by atoms with Crippen LogP contribution in [-0.4, -0.2) is 44.2 Å². The smallest absolute Gasteiger partial charge is 0.373 e. The molecule has 9 heteroatoms. The molecule has 152 valence electrons. The van der Waals surface area contributed by atoms with Crippen LogP contribution in [0.15, 0.2) is 45.6 Å². The zero-order valence-electron chi connectivity index (χ0n) is 16.4. The number of esters is 1. The molecule has 1 aromatic carbocycles. The van der Waals surface area contributed by atoms with Gasteiger partial charge >= 0.3 is 5.97 Å². The predicted molar refractivity (Wildman–Crippen MR) is 103 cm³/mol. The van der Waals surface area contributed by atoms with Crippen LogP contribution in [0.1, 0.15) is 16.3 Å². The molecule has 0 N–H and O–H groups in total. The highest BCUT2D eigenvalue weighted by Crippen LogP contribution is 2.40. The van der Waals surface area contributed by atoms with E-state index >= 15 is 0 Å². The first-order valence-electron chi connectivity index (χ1n) is 8.56. The Bertz CT molecular complexity index is 1060. The minimum absolute atomic E-state index is 0.0497. The lowest BCUT2D eigenvalue weighted by atomic mass is 10.1. The molecule has 0 unspecified atom stereocenters. The Morgan fingerprint density at radius 3 is 2.28 bits per heavy atom. The van der Waals surface area contributed by atoms with Crippen LogP contribution in [0.5, 0.6) is 17.2 Å². The topological polar surface area (TPSA) is 102 Å². The van der Waals surface area contributed by atoms with Crippen molar-refractivity contribution in [1.82, 2.24) is 9.78 Å². The molecule has 0 spiro atoms. The fourth-order valence-corrected chi connectivity index (χ4v) is 2.77. The Balaban J connectivity index is 1.98. The van der Waals surface area contributed by atoms with Crippen molar-refractivity contribution in [2.45, 2.75) is 6.54 Å². The maximum atomic E-state index is 12.2. The normalized spacial score (nSPS) is 10.5. The van der Waals surface area contributed by atoms with Gasteiger partial charge < -0.3 is 23.4 Å². The molecule has 0 amide bonds. The van der Waals surface area contributed by atoms with Gasteiger partial charge in [-0.15, -0.1) is 0 Å². The molecule has 2 aromatic heterocycles. The van der Waals surface area contributed by atoms with E-state index in [1.165, 1.54) is 45.3 Å². The van der Waals surface area contributed by atoms with Gasteiger partial charge in [0.25, 0.3) is 5.56 Å². The second kappa shape index (κ2) is 8.51. The molecule has 0 bridgehead atoms. The molecule has 0 aliphatic carbocycles. The van der Waals surface area contributed by atoms with Crippen LogP contribution in [-0.2, 0) is 11.3 Å². The van der Waals surface area contributed by atoms with Gasteiger partial charge in [-0.1, -0.05) is 0 Å². The number of carbonyl (C=O) groups is 1. The van der Waals surface area contributed by atoms with Crippen molar-refractivity contribution in [1.29, 1.82) is 0 Å². The lowest BCUT2D eigenvalue weighted by molar-refractivity contribution is 0.0562. The summed E-state index contributed by atoms with van der Waals surface area (Å²) >= 11 is 0. The van der Waals surface area contributed by atoms with Gasteiger partial charge in [0.05, 0.1) is 34.1 Å². The summed E-state index contributed by atoms with van der Waals surface area (Å²) in [5, 5.41) is 4.39. The Morgan fingerprint density at radius 1 is 1.00 bits per heavy atom. The van der Waals surface area contributed by atoms with Crippen LogP contribution in [0.25, 0.3) is 11.3 Å². The van der Waals surface area contributed by atoms with Gasteiger partial charge in [-0.05, 0) is 30.3 Å². The van der Waals surface area contributed by atoms with Gasteiger partial charge in [-0.2, -0.15) is 5.10 Å². The number of benzene rings is 1. The van der Waals surface area contributed by atoms with E-state index in [4.69, 9.17) is 18.6 Å². The molecule has 0 atom stereocenters. The lowest BCUT2D eigenvalue weighted by Gasteiger charge is -2.14. The maximum Gasteiger partial charge on any atom is 0.373 e. The number of methoxy groups -OCH3 is 4. The monoisotopic (exact) mass is 400 g/mol. The number of furan rings is 1. The lowest BCUT2D eigenvalue weighted by Crippen LogP contribution is -2.22. The highest BCUT2D eigenvalue weighted by Gasteiger charge is 2.16. The third-order valence-corrected chi connectivity index (χ3v) is 4.18. The largest absolute Gasteiger partial charge is 0.493 e. The van der Waals surface area contributed by atoms with E-state index in [-0.39, 0.29) is 17.9 Å². The molecule has 2 heterocycles. The SMILES string of the molecule is COC(=O)c1ccc(Cn2nc(-c3cc(OC)c(OC)c(OC)c3)ccc2=O)o1. The second-order valence-electron chi connectivity index (χ2n) is 5.89. The van der Waals surface area contributed by atoms with E-state index < -0.39 is 5.97 Å². The highest BCUT2D eigenvalue weighted by molar-refractivity contribution is 5.86. The van der Waals surface area contributed by atoms with Gasteiger partial charge in [-0.3, -0.25) is 4.79 Å². The zero-order chi connectivity index (χ0) is 21.0. The number of aromatic nitrogens is 2. The van der Waals surface area contributed by atoms with Crippen molar-refractivity contribution in [3.8, 4) is 28.5 Å². The van der Waals surface area contributed by atoms with E-state index in [1.807, 2.05) is 0 Å². The summed E-state index contributed by atoms with van der Waals surface area (Å²) in [5.41, 5.74) is 0.865. The van der Waals surface area contributed by atoms with Crippen molar-refractivity contribution in [3.63, 3.8) is 0 Å². The summed E-state index contributed by atoms with van der Waals surface area (Å²) in [5.74, 6) is 1.24. The second-order valence-corrected chi connectivity index (χ2v) is 5.89. The number of hydrogen-bond acceptors (Lipinski definition) is 8. The van der Waals surface area contributed by atoms with Gasteiger partial charge in [0, 0.05) is 11.6 Å². The Hall–Kier alpha value is -3.75. The summed E-state index contributed by atoms with van der Waals surface area (Å²) in [6.45, 7) is 0.0497. The number of ether oxygens (including phenoxy) is 4. The fourth-order valence-electron chi connectivity index (χ4n) is 2.77. The average Bonchev–Trinajstić information content (AvgIpc) is 3.22. The maximum absolute atomic E-state index is 12.2. The molecular formula is C20H20N2O7. The van der Waals surface area contributed by atoms with Gasteiger partial charge in [-0.25, -0.2) is 9.48 Å². The number of rotatable bonds is 7. The van der Waals surface area contributed by atoms with Gasteiger partial charge in [0.1, 0.15) is 12.3 Å². The van der Waals surface area contributed by atoms with Crippen molar-refractivity contribution in [2.75, 3.05) is 28.4 Å². The number of nitrogens with zero attached hydrogens (tertiary/aromatic N) is 2. The average molecular weight is 400 g/mol. The van der Waals surface area contributed by atoms with E-state index in [0.717, 1.165) is 0 Å². The standard InChI is InChI=1S/C20H20N2O7/c1-25-16-9-12(10-17(26-2)19(16)27-3)14-6-8-18(23)22(21-14)11-13-5-7-15(29-13)20(24)28-4/h5-10H,11H2,1-4H3. The van der Waals surface area contributed by atoms with Crippen LogP contribution in [0.3, 0.4) is 0 Å². The van der Waals surface area contributed by atoms with Crippen LogP contribution >= 0.6 is 0 Å². The Kier molecular flexibility index (Phi) is 5.87. The van der Waals surface area contributed by atoms with E-state index in [9.17, 15) is 9.59 Å². The highest BCUT2D eigenvalue weighted by atomic mass is 16.5. The molecule has 0 aliphatic heterocycles. The van der Waals surface area contributed by atoms with Crippen LogP contribution < -0.4 is 19.8 Å². The summed E-state index contributed by atoms with van der Waals surface area (Å²) in [4.78, 5) is 23.8. The molecule has 3 rings (SSSR count). The van der Waals surface area contributed by atoms with Gasteiger partial charge in [0.2, 0.25) is 11.5 Å². The molecule has 29 heavy (non-hydrogen) atoms.